The van der Waals surface area contributed by atoms with Crippen molar-refractivity contribution < 1.29 is 14.7 Å². The number of benzene rings is 1. The number of carboxylic acid groups (broad SMARTS) is 1. The number of hydrogen-bond donors (Lipinski definition) is 2. The highest BCUT2D eigenvalue weighted by atomic mass is 35.5. The Balaban J connectivity index is 2.61. The molecule has 0 fully saturated rings. The van der Waals surface area contributed by atoms with Crippen LogP contribution < -0.4 is 5.73 Å². The molecule has 3 N–H and O–H groups in total. The van der Waals surface area contributed by atoms with Gasteiger partial charge in [-0.05, 0) is 23.8 Å². The largest absolute Gasteiger partial charge is 0.478 e. The van der Waals surface area contributed by atoms with Crippen molar-refractivity contribution in [2.75, 3.05) is 0 Å². The summed E-state index contributed by atoms with van der Waals surface area (Å²) in [5, 5.41) is 9.24. The summed E-state index contributed by atoms with van der Waals surface area (Å²) in [6.07, 6.45) is 1.35. The lowest BCUT2D eigenvalue weighted by molar-refractivity contribution is 0.0697. The molecule has 0 unspecified atom stereocenters. The van der Waals surface area contributed by atoms with Gasteiger partial charge in [0.25, 0.3) is 0 Å². The summed E-state index contributed by atoms with van der Waals surface area (Å²) in [5.74, 6) is -1.70. The van der Waals surface area contributed by atoms with Crippen molar-refractivity contribution in [2.24, 2.45) is 5.73 Å². The second-order valence-corrected chi connectivity index (χ2v) is 4.19. The number of carbonyl (C=O) groups excluding carboxylic acids is 1. The standard InChI is InChI=1S/C13H9ClN2O3/c14-11-5-9(13(18)19)10(6-16-11)7-2-1-3-8(4-7)12(15)17/h1-6H,(H2,15,17)(H,18,19). The molecule has 0 aliphatic heterocycles. The van der Waals surface area contributed by atoms with Crippen molar-refractivity contribution in [1.82, 2.24) is 4.98 Å². The van der Waals surface area contributed by atoms with E-state index in [1.54, 1.807) is 18.2 Å². The Hall–Kier alpha value is -2.40. The van der Waals surface area contributed by atoms with Crippen LogP contribution in [0.3, 0.4) is 0 Å². The van der Waals surface area contributed by atoms with Crippen LogP contribution in [0.15, 0.2) is 36.5 Å². The first-order chi connectivity index (χ1) is 8.99. The van der Waals surface area contributed by atoms with Gasteiger partial charge in [-0.3, -0.25) is 4.79 Å². The van der Waals surface area contributed by atoms with Crippen LogP contribution in [-0.2, 0) is 0 Å². The lowest BCUT2D eigenvalue weighted by Crippen LogP contribution is -2.10. The summed E-state index contributed by atoms with van der Waals surface area (Å²) >= 11 is 5.68. The second-order valence-electron chi connectivity index (χ2n) is 3.80. The SMILES string of the molecule is NC(=O)c1cccc(-c2cnc(Cl)cc2C(=O)O)c1. The molecule has 1 aromatic carbocycles. The van der Waals surface area contributed by atoms with Crippen molar-refractivity contribution in [3.8, 4) is 11.1 Å². The molecule has 1 heterocycles. The summed E-state index contributed by atoms with van der Waals surface area (Å²) in [5.41, 5.74) is 6.42. The van der Waals surface area contributed by atoms with Crippen LogP contribution in [0.2, 0.25) is 5.15 Å². The molecule has 96 valence electrons. The zero-order valence-electron chi connectivity index (χ0n) is 9.63. The normalized spacial score (nSPS) is 10.2. The molecule has 1 amide bonds. The fourth-order valence-corrected chi connectivity index (χ4v) is 1.83. The monoisotopic (exact) mass is 276 g/mol. The molecule has 0 bridgehead atoms. The molecule has 5 nitrogen and oxygen atoms in total. The van der Waals surface area contributed by atoms with Gasteiger partial charge in [0.15, 0.2) is 0 Å². The third-order valence-electron chi connectivity index (χ3n) is 2.56. The van der Waals surface area contributed by atoms with E-state index in [1.807, 2.05) is 0 Å². The fraction of sp³-hybridized carbons (Fsp3) is 0. The molecule has 0 aliphatic rings. The van der Waals surface area contributed by atoms with Crippen LogP contribution in [-0.4, -0.2) is 22.0 Å². The number of rotatable bonds is 3. The van der Waals surface area contributed by atoms with Crippen LogP contribution in [0.5, 0.6) is 0 Å². The Kier molecular flexibility index (Phi) is 3.48. The van der Waals surface area contributed by atoms with Crippen molar-refractivity contribution in [2.45, 2.75) is 0 Å². The smallest absolute Gasteiger partial charge is 0.336 e. The molecule has 6 heteroatoms. The summed E-state index contributed by atoms with van der Waals surface area (Å²) < 4.78 is 0. The topological polar surface area (TPSA) is 93.3 Å². The predicted octanol–water partition coefficient (Wildman–Crippen LogP) is 2.20. The number of pyridine rings is 1. The summed E-state index contributed by atoms with van der Waals surface area (Å²) in [4.78, 5) is 26.2. The van der Waals surface area contributed by atoms with Gasteiger partial charge in [-0.15, -0.1) is 0 Å². The van der Waals surface area contributed by atoms with Crippen LogP contribution >= 0.6 is 11.6 Å². The van der Waals surface area contributed by atoms with E-state index in [4.69, 9.17) is 22.4 Å². The Labute approximate surface area is 113 Å². The number of carbonyl (C=O) groups is 2. The van der Waals surface area contributed by atoms with Crippen LogP contribution in [0.1, 0.15) is 20.7 Å². The molecule has 1 aromatic heterocycles. The number of carboxylic acids is 1. The molecule has 0 radical (unpaired) electrons. The Bertz CT molecular complexity index is 671. The first-order valence-electron chi connectivity index (χ1n) is 5.28. The van der Waals surface area contributed by atoms with Gasteiger partial charge in [0.1, 0.15) is 5.15 Å². The minimum Gasteiger partial charge on any atom is -0.478 e. The van der Waals surface area contributed by atoms with Crippen molar-refractivity contribution >= 4 is 23.5 Å². The van der Waals surface area contributed by atoms with E-state index in [-0.39, 0.29) is 10.7 Å². The van der Waals surface area contributed by atoms with Crippen molar-refractivity contribution in [1.29, 1.82) is 0 Å². The number of hydrogen-bond acceptors (Lipinski definition) is 3. The average Bonchev–Trinajstić information content (AvgIpc) is 2.38. The molecule has 2 aromatic rings. The summed E-state index contributed by atoms with van der Waals surface area (Å²) in [6.45, 7) is 0. The molecule has 0 atom stereocenters. The van der Waals surface area contributed by atoms with Crippen LogP contribution in [0.25, 0.3) is 11.1 Å². The highest BCUT2D eigenvalue weighted by Crippen LogP contribution is 2.25. The summed E-state index contributed by atoms with van der Waals surface area (Å²) in [6, 6.07) is 7.62. The zero-order chi connectivity index (χ0) is 14.0. The van der Waals surface area contributed by atoms with E-state index in [9.17, 15) is 9.59 Å². The van der Waals surface area contributed by atoms with Crippen LogP contribution in [0, 0.1) is 0 Å². The van der Waals surface area contributed by atoms with Gasteiger partial charge < -0.3 is 10.8 Å². The Morgan fingerprint density at radius 1 is 1.26 bits per heavy atom. The maximum atomic E-state index is 11.2. The average molecular weight is 277 g/mol. The molecule has 0 saturated heterocycles. The van der Waals surface area contributed by atoms with Crippen LogP contribution in [0.4, 0.5) is 0 Å². The lowest BCUT2D eigenvalue weighted by Gasteiger charge is -2.07. The maximum Gasteiger partial charge on any atom is 0.336 e. The molecule has 0 spiro atoms. The second kappa shape index (κ2) is 5.07. The number of nitrogens with zero attached hydrogens (tertiary/aromatic N) is 1. The third kappa shape index (κ3) is 2.71. The first kappa shape index (κ1) is 13.0. The number of halogens is 1. The van der Waals surface area contributed by atoms with Gasteiger partial charge >= 0.3 is 5.97 Å². The van der Waals surface area contributed by atoms with Crippen molar-refractivity contribution in [3.05, 3.63) is 52.8 Å². The predicted molar refractivity (Wildman–Crippen MR) is 70.2 cm³/mol. The summed E-state index contributed by atoms with van der Waals surface area (Å²) in [7, 11) is 0. The number of nitrogens with two attached hydrogens (primary N) is 1. The van der Waals surface area contributed by atoms with E-state index in [0.29, 0.717) is 16.7 Å². The molecular weight excluding hydrogens is 268 g/mol. The van der Waals surface area contributed by atoms with Gasteiger partial charge in [0, 0.05) is 17.3 Å². The highest BCUT2D eigenvalue weighted by molar-refractivity contribution is 6.29. The van der Waals surface area contributed by atoms with E-state index in [2.05, 4.69) is 4.98 Å². The molecular formula is C13H9ClN2O3. The Morgan fingerprint density at radius 3 is 2.63 bits per heavy atom. The Morgan fingerprint density at radius 2 is 2.00 bits per heavy atom. The lowest BCUT2D eigenvalue weighted by atomic mass is 10.00. The molecule has 2 rings (SSSR count). The number of amides is 1. The van der Waals surface area contributed by atoms with E-state index in [0.717, 1.165) is 0 Å². The minimum atomic E-state index is -1.12. The fourth-order valence-electron chi connectivity index (χ4n) is 1.68. The highest BCUT2D eigenvalue weighted by Gasteiger charge is 2.14. The first-order valence-corrected chi connectivity index (χ1v) is 5.66. The molecule has 19 heavy (non-hydrogen) atoms. The number of primary amides is 1. The van der Waals surface area contributed by atoms with Crippen molar-refractivity contribution in [3.63, 3.8) is 0 Å². The quantitative estimate of drug-likeness (QED) is 0.840. The zero-order valence-corrected chi connectivity index (χ0v) is 10.4. The van der Waals surface area contributed by atoms with Gasteiger partial charge in [0.2, 0.25) is 5.91 Å². The third-order valence-corrected chi connectivity index (χ3v) is 2.77. The number of aromatic nitrogens is 1. The van der Waals surface area contributed by atoms with E-state index in [1.165, 1.54) is 18.3 Å². The van der Waals surface area contributed by atoms with Gasteiger partial charge in [-0.2, -0.15) is 0 Å². The number of aromatic carboxylic acids is 1. The minimum absolute atomic E-state index is 0.0154. The van der Waals surface area contributed by atoms with E-state index >= 15 is 0 Å². The van der Waals surface area contributed by atoms with Gasteiger partial charge in [0.05, 0.1) is 5.56 Å². The molecule has 0 saturated carbocycles. The van der Waals surface area contributed by atoms with Gasteiger partial charge in [-0.1, -0.05) is 23.7 Å². The van der Waals surface area contributed by atoms with Gasteiger partial charge in [-0.25, -0.2) is 9.78 Å². The maximum absolute atomic E-state index is 11.2. The molecule has 0 aliphatic carbocycles. The van der Waals surface area contributed by atoms with E-state index < -0.39 is 11.9 Å².